The van der Waals surface area contributed by atoms with E-state index in [4.69, 9.17) is 4.42 Å². The summed E-state index contributed by atoms with van der Waals surface area (Å²) < 4.78 is 5.68. The lowest BCUT2D eigenvalue weighted by Crippen LogP contribution is -2.09. The normalized spacial score (nSPS) is 10.7. The topological polar surface area (TPSA) is 111 Å². The molecule has 24 heavy (non-hydrogen) atoms. The molecule has 0 amide bonds. The van der Waals surface area contributed by atoms with Gasteiger partial charge >= 0.3 is 5.97 Å². The molecule has 1 N–H and O–H groups in total. The van der Waals surface area contributed by atoms with Gasteiger partial charge in [-0.3, -0.25) is 14.9 Å². The summed E-state index contributed by atoms with van der Waals surface area (Å²) in [6.45, 7) is 1.53. The molecule has 0 unspecified atom stereocenters. The predicted molar refractivity (Wildman–Crippen MR) is 86.3 cm³/mol. The number of aromatic carboxylic acids is 1. The molecule has 120 valence electrons. The smallest absolute Gasteiger partial charge is 0.339 e. The standard InChI is InChI=1S/C17H11NO6/c1-9-14(19)12-6-3-7-13(17(20)21)16(12)24-15(9)10-4-2-5-11(8-10)18(22)23/h2-8H,1H3,(H,20,21). The van der Waals surface area contributed by atoms with Gasteiger partial charge in [0.1, 0.15) is 11.3 Å². The number of rotatable bonds is 3. The molecule has 0 fully saturated rings. The Bertz CT molecular complexity index is 1050. The number of benzene rings is 2. The van der Waals surface area contributed by atoms with Gasteiger partial charge in [-0.05, 0) is 19.1 Å². The Labute approximate surface area is 134 Å². The number of para-hydroxylation sites is 1. The summed E-state index contributed by atoms with van der Waals surface area (Å²) in [6.07, 6.45) is 0. The molecule has 0 aliphatic carbocycles. The molecule has 0 aliphatic rings. The van der Waals surface area contributed by atoms with Crippen LogP contribution >= 0.6 is 0 Å². The van der Waals surface area contributed by atoms with E-state index in [1.54, 1.807) is 6.07 Å². The fourth-order valence-corrected chi connectivity index (χ4v) is 2.51. The zero-order chi connectivity index (χ0) is 17.4. The number of hydrogen-bond donors (Lipinski definition) is 1. The first-order valence-electron chi connectivity index (χ1n) is 6.94. The highest BCUT2D eigenvalue weighted by atomic mass is 16.6. The lowest BCUT2D eigenvalue weighted by Gasteiger charge is -2.08. The monoisotopic (exact) mass is 325 g/mol. The average Bonchev–Trinajstić information content (AvgIpc) is 2.57. The summed E-state index contributed by atoms with van der Waals surface area (Å²) in [6, 6.07) is 9.92. The number of nitro benzene ring substituents is 1. The van der Waals surface area contributed by atoms with E-state index in [1.807, 2.05) is 0 Å². The molecule has 0 saturated heterocycles. The lowest BCUT2D eigenvalue weighted by molar-refractivity contribution is -0.384. The highest BCUT2D eigenvalue weighted by Gasteiger charge is 2.19. The van der Waals surface area contributed by atoms with Crippen LogP contribution in [-0.4, -0.2) is 16.0 Å². The zero-order valence-electron chi connectivity index (χ0n) is 12.5. The number of carboxylic acid groups (broad SMARTS) is 1. The van der Waals surface area contributed by atoms with Gasteiger partial charge in [-0.1, -0.05) is 18.2 Å². The summed E-state index contributed by atoms with van der Waals surface area (Å²) in [5.41, 5.74) is -0.133. The number of nitro groups is 1. The third kappa shape index (κ3) is 2.41. The molecule has 0 saturated carbocycles. The van der Waals surface area contributed by atoms with Crippen LogP contribution in [0.3, 0.4) is 0 Å². The van der Waals surface area contributed by atoms with Gasteiger partial charge in [0.05, 0.1) is 10.3 Å². The van der Waals surface area contributed by atoms with Crippen molar-refractivity contribution in [2.24, 2.45) is 0 Å². The maximum Gasteiger partial charge on any atom is 0.339 e. The number of non-ortho nitro benzene ring substituents is 1. The van der Waals surface area contributed by atoms with E-state index in [0.717, 1.165) is 0 Å². The second-order valence-electron chi connectivity index (χ2n) is 5.18. The van der Waals surface area contributed by atoms with E-state index >= 15 is 0 Å². The highest BCUT2D eigenvalue weighted by Crippen LogP contribution is 2.29. The minimum absolute atomic E-state index is 0.0536. The molecule has 7 heteroatoms. The van der Waals surface area contributed by atoms with Crippen molar-refractivity contribution in [1.29, 1.82) is 0 Å². The van der Waals surface area contributed by atoms with Crippen LogP contribution in [0.1, 0.15) is 15.9 Å². The fourth-order valence-electron chi connectivity index (χ4n) is 2.51. The highest BCUT2D eigenvalue weighted by molar-refractivity contribution is 6.01. The van der Waals surface area contributed by atoms with Crippen molar-refractivity contribution in [3.8, 4) is 11.3 Å². The molecule has 7 nitrogen and oxygen atoms in total. The van der Waals surface area contributed by atoms with Crippen molar-refractivity contribution in [2.45, 2.75) is 6.92 Å². The van der Waals surface area contributed by atoms with Crippen LogP contribution in [0, 0.1) is 17.0 Å². The van der Waals surface area contributed by atoms with Crippen LogP contribution in [-0.2, 0) is 0 Å². The Kier molecular flexibility index (Phi) is 3.61. The first-order chi connectivity index (χ1) is 11.4. The Morgan fingerprint density at radius 2 is 1.92 bits per heavy atom. The van der Waals surface area contributed by atoms with E-state index in [0.29, 0.717) is 5.56 Å². The van der Waals surface area contributed by atoms with Gasteiger partial charge in [0.25, 0.3) is 5.69 Å². The summed E-state index contributed by atoms with van der Waals surface area (Å²) >= 11 is 0. The van der Waals surface area contributed by atoms with E-state index < -0.39 is 10.9 Å². The molecule has 0 atom stereocenters. The van der Waals surface area contributed by atoms with Crippen LogP contribution in [0.2, 0.25) is 0 Å². The molecule has 1 aromatic heterocycles. The zero-order valence-corrected chi connectivity index (χ0v) is 12.5. The fraction of sp³-hybridized carbons (Fsp3) is 0.0588. The molecule has 3 rings (SSSR count). The van der Waals surface area contributed by atoms with Gasteiger partial charge in [-0.25, -0.2) is 4.79 Å². The van der Waals surface area contributed by atoms with Gasteiger partial charge in [0.2, 0.25) is 0 Å². The van der Waals surface area contributed by atoms with Crippen LogP contribution in [0.4, 0.5) is 5.69 Å². The maximum atomic E-state index is 12.5. The molecule has 2 aromatic carbocycles. The van der Waals surface area contributed by atoms with Crippen molar-refractivity contribution in [1.82, 2.24) is 0 Å². The van der Waals surface area contributed by atoms with Gasteiger partial charge in [0.15, 0.2) is 11.0 Å². The Morgan fingerprint density at radius 1 is 1.21 bits per heavy atom. The molecule has 3 aromatic rings. The molecule has 0 aliphatic heterocycles. The minimum Gasteiger partial charge on any atom is -0.478 e. The average molecular weight is 325 g/mol. The van der Waals surface area contributed by atoms with Crippen molar-refractivity contribution in [2.75, 3.05) is 0 Å². The van der Waals surface area contributed by atoms with E-state index in [1.165, 1.54) is 43.3 Å². The third-order valence-electron chi connectivity index (χ3n) is 3.69. The lowest BCUT2D eigenvalue weighted by atomic mass is 10.0. The largest absolute Gasteiger partial charge is 0.478 e. The molecular formula is C17H11NO6. The van der Waals surface area contributed by atoms with Crippen LogP contribution in [0.5, 0.6) is 0 Å². The van der Waals surface area contributed by atoms with Crippen LogP contribution < -0.4 is 5.43 Å². The number of carboxylic acids is 1. The molecule has 0 spiro atoms. The number of fused-ring (bicyclic) bond motifs is 1. The van der Waals surface area contributed by atoms with Gasteiger partial charge in [0, 0.05) is 23.3 Å². The first kappa shape index (κ1) is 15.4. The molecule has 0 radical (unpaired) electrons. The summed E-state index contributed by atoms with van der Waals surface area (Å²) in [7, 11) is 0. The van der Waals surface area contributed by atoms with Crippen LogP contribution in [0.25, 0.3) is 22.3 Å². The van der Waals surface area contributed by atoms with Crippen LogP contribution in [0.15, 0.2) is 51.7 Å². The number of hydrogen-bond acceptors (Lipinski definition) is 5. The van der Waals surface area contributed by atoms with E-state index in [9.17, 15) is 24.8 Å². The quantitative estimate of drug-likeness (QED) is 0.584. The Hall–Kier alpha value is -3.48. The summed E-state index contributed by atoms with van der Waals surface area (Å²) in [5.74, 6) is -1.11. The second-order valence-corrected chi connectivity index (χ2v) is 5.18. The predicted octanol–water partition coefficient (Wildman–Crippen LogP) is 3.37. The first-order valence-corrected chi connectivity index (χ1v) is 6.94. The van der Waals surface area contributed by atoms with Crippen molar-refractivity contribution >= 4 is 22.6 Å². The SMILES string of the molecule is Cc1c(-c2cccc([N+](=O)[O-])c2)oc2c(C(=O)O)cccc2c1=O. The van der Waals surface area contributed by atoms with Crippen molar-refractivity contribution in [3.05, 3.63) is 73.9 Å². The number of carbonyl (C=O) groups is 1. The van der Waals surface area contributed by atoms with Crippen molar-refractivity contribution in [3.63, 3.8) is 0 Å². The molecule has 1 heterocycles. The van der Waals surface area contributed by atoms with Crippen molar-refractivity contribution < 1.29 is 19.2 Å². The van der Waals surface area contributed by atoms with Gasteiger partial charge < -0.3 is 9.52 Å². The second kappa shape index (κ2) is 5.62. The maximum absolute atomic E-state index is 12.5. The summed E-state index contributed by atoms with van der Waals surface area (Å²) in [5, 5.41) is 20.4. The third-order valence-corrected chi connectivity index (χ3v) is 3.69. The summed E-state index contributed by atoms with van der Waals surface area (Å²) in [4.78, 5) is 34.3. The minimum atomic E-state index is -1.22. The Balaban J connectivity index is 2.37. The Morgan fingerprint density at radius 3 is 2.58 bits per heavy atom. The van der Waals surface area contributed by atoms with E-state index in [2.05, 4.69) is 0 Å². The van der Waals surface area contributed by atoms with Gasteiger partial charge in [-0.15, -0.1) is 0 Å². The van der Waals surface area contributed by atoms with E-state index in [-0.39, 0.29) is 39.0 Å². The van der Waals surface area contributed by atoms with Gasteiger partial charge in [-0.2, -0.15) is 0 Å². The molecule has 0 bridgehead atoms. The molecular weight excluding hydrogens is 314 g/mol. The number of nitrogens with zero attached hydrogens (tertiary/aromatic N) is 1.